The Morgan fingerprint density at radius 3 is 1.83 bits per heavy atom. The van der Waals surface area contributed by atoms with E-state index < -0.39 is 11.7 Å². The van der Waals surface area contributed by atoms with Gasteiger partial charge in [0.1, 0.15) is 17.6 Å². The molecule has 3 rings (SSSR count). The molecule has 1 N–H and O–H groups in total. The monoisotopic (exact) mass is 474 g/mol. The molecule has 0 aliphatic carbocycles. The van der Waals surface area contributed by atoms with Crippen molar-refractivity contribution in [3.05, 3.63) is 104 Å². The van der Waals surface area contributed by atoms with Gasteiger partial charge in [0.15, 0.2) is 0 Å². The van der Waals surface area contributed by atoms with E-state index in [0.717, 1.165) is 9.79 Å². The molecule has 8 heteroatoms. The number of hydrogen-bond donors (Lipinski definition) is 1. The van der Waals surface area contributed by atoms with Crippen molar-refractivity contribution in [2.24, 2.45) is 0 Å². The summed E-state index contributed by atoms with van der Waals surface area (Å²) in [5.74, 6) is -1.36. The van der Waals surface area contributed by atoms with Crippen LogP contribution in [0.25, 0.3) is 0 Å². The molecule has 0 aromatic heterocycles. The second-order valence-electron chi connectivity index (χ2n) is 5.82. The fourth-order valence-corrected chi connectivity index (χ4v) is 4.66. The Morgan fingerprint density at radius 1 is 0.867 bits per heavy atom. The van der Waals surface area contributed by atoms with Gasteiger partial charge in [-0.2, -0.15) is 5.26 Å². The molecule has 1 amide bonds. The number of allylic oxidation sites excluding steroid dienone is 1. The molecule has 0 unspecified atom stereocenters. The van der Waals surface area contributed by atoms with Crippen molar-refractivity contribution in [3.63, 3.8) is 0 Å². The van der Waals surface area contributed by atoms with Crippen molar-refractivity contribution in [2.45, 2.75) is 9.79 Å². The van der Waals surface area contributed by atoms with Gasteiger partial charge in [0.2, 0.25) is 0 Å². The van der Waals surface area contributed by atoms with E-state index >= 15 is 0 Å². The van der Waals surface area contributed by atoms with E-state index in [1.807, 2.05) is 30.3 Å². The van der Waals surface area contributed by atoms with Crippen LogP contribution in [0, 0.1) is 17.1 Å². The van der Waals surface area contributed by atoms with Crippen molar-refractivity contribution < 1.29 is 9.18 Å². The van der Waals surface area contributed by atoms with Gasteiger partial charge in [0, 0.05) is 19.8 Å². The third-order valence-corrected chi connectivity index (χ3v) is 6.52. The molecule has 0 aliphatic rings. The lowest BCUT2D eigenvalue weighted by molar-refractivity contribution is 0.0963. The van der Waals surface area contributed by atoms with Gasteiger partial charge in [-0.1, -0.05) is 58.9 Å². The van der Waals surface area contributed by atoms with Gasteiger partial charge in [-0.3, -0.25) is 4.79 Å². The van der Waals surface area contributed by atoms with Gasteiger partial charge >= 0.3 is 0 Å². The number of nitrogens with zero attached hydrogens (tertiary/aromatic N) is 1. The Kier molecular flexibility index (Phi) is 7.83. The summed E-state index contributed by atoms with van der Waals surface area (Å²) < 4.78 is 14.5. The summed E-state index contributed by atoms with van der Waals surface area (Å²) in [4.78, 5) is 14.2. The number of amides is 1. The fraction of sp³-hybridized carbons (Fsp3) is 0. The second kappa shape index (κ2) is 10.6. The van der Waals surface area contributed by atoms with Gasteiger partial charge in [0.25, 0.3) is 5.91 Å². The largest absolute Gasteiger partial charge is 0.312 e. The lowest BCUT2D eigenvalue weighted by Gasteiger charge is -2.12. The number of hydrogen-bond acceptors (Lipinski definition) is 4. The number of carbonyl (C=O) groups excluding carboxylic acids is 1. The Hall–Kier alpha value is -2.43. The standard InChI is InChI=1S/C22H13Cl2FN2OS2/c23-14-5-9-16(10-6-14)29-22(30-17-11-7-15(24)8-12-17)20(13-26)27-21(28)18-3-1-2-4-19(18)25/h1-12H,(H,27,28). The van der Waals surface area contributed by atoms with E-state index in [2.05, 4.69) is 5.32 Å². The average Bonchev–Trinajstić information content (AvgIpc) is 2.75. The van der Waals surface area contributed by atoms with E-state index in [0.29, 0.717) is 14.3 Å². The van der Waals surface area contributed by atoms with E-state index in [4.69, 9.17) is 23.2 Å². The highest BCUT2D eigenvalue weighted by Crippen LogP contribution is 2.41. The van der Waals surface area contributed by atoms with Gasteiger partial charge < -0.3 is 5.32 Å². The molecule has 0 saturated heterocycles. The summed E-state index contributed by atoms with van der Waals surface area (Å²) in [6.45, 7) is 0. The maximum Gasteiger partial charge on any atom is 0.259 e. The summed E-state index contributed by atoms with van der Waals surface area (Å²) in [7, 11) is 0. The third-order valence-electron chi connectivity index (χ3n) is 3.72. The SMILES string of the molecule is N#CC(NC(=O)c1ccccc1F)=C(Sc1ccc(Cl)cc1)Sc1ccc(Cl)cc1. The van der Waals surface area contributed by atoms with Crippen molar-refractivity contribution >= 4 is 52.6 Å². The molecular weight excluding hydrogens is 462 g/mol. The Bertz CT molecular complexity index is 1080. The first-order valence-electron chi connectivity index (χ1n) is 8.53. The first kappa shape index (κ1) is 22.3. The number of nitrogens with one attached hydrogen (secondary N) is 1. The molecule has 0 bridgehead atoms. The summed E-state index contributed by atoms with van der Waals surface area (Å²) in [6, 6.07) is 21.8. The fourth-order valence-electron chi connectivity index (χ4n) is 2.29. The highest BCUT2D eigenvalue weighted by Gasteiger charge is 2.17. The first-order valence-corrected chi connectivity index (χ1v) is 10.9. The van der Waals surface area contributed by atoms with Crippen LogP contribution in [-0.2, 0) is 0 Å². The molecule has 0 spiro atoms. The number of thioether (sulfide) groups is 2. The topological polar surface area (TPSA) is 52.9 Å². The third kappa shape index (κ3) is 6.04. The number of benzene rings is 3. The van der Waals surface area contributed by atoms with Gasteiger partial charge in [0.05, 0.1) is 9.80 Å². The maximum absolute atomic E-state index is 14.0. The molecule has 0 aliphatic heterocycles. The van der Waals surface area contributed by atoms with Crippen LogP contribution >= 0.6 is 46.7 Å². The Morgan fingerprint density at radius 2 is 1.37 bits per heavy atom. The number of halogens is 3. The molecular formula is C22H13Cl2FN2OS2. The van der Waals surface area contributed by atoms with Gasteiger partial charge in [-0.15, -0.1) is 0 Å². The first-order chi connectivity index (χ1) is 14.5. The smallest absolute Gasteiger partial charge is 0.259 e. The molecule has 0 fully saturated rings. The zero-order valence-corrected chi connectivity index (χ0v) is 18.4. The highest BCUT2D eigenvalue weighted by molar-refractivity contribution is 8.22. The Labute approximate surface area is 191 Å². The molecule has 0 atom stereocenters. The van der Waals surface area contributed by atoms with Gasteiger partial charge in [-0.25, -0.2) is 4.39 Å². The molecule has 150 valence electrons. The second-order valence-corrected chi connectivity index (χ2v) is 9.12. The van der Waals surface area contributed by atoms with Crippen LogP contribution in [0.15, 0.2) is 92.5 Å². The number of carbonyl (C=O) groups is 1. The van der Waals surface area contributed by atoms with Crippen molar-refractivity contribution in [1.82, 2.24) is 5.32 Å². The molecule has 3 aromatic rings. The van der Waals surface area contributed by atoms with Crippen LogP contribution in [0.4, 0.5) is 4.39 Å². The van der Waals surface area contributed by atoms with Crippen LogP contribution in [-0.4, -0.2) is 5.91 Å². The predicted octanol–water partition coefficient (Wildman–Crippen LogP) is 7.14. The lowest BCUT2D eigenvalue weighted by atomic mass is 10.2. The average molecular weight is 475 g/mol. The van der Waals surface area contributed by atoms with E-state index in [1.54, 1.807) is 30.3 Å². The minimum absolute atomic E-state index is 0.0168. The zero-order valence-electron chi connectivity index (χ0n) is 15.2. The quantitative estimate of drug-likeness (QED) is 0.304. The van der Waals surface area contributed by atoms with Crippen LogP contribution in [0.2, 0.25) is 10.0 Å². The maximum atomic E-state index is 14.0. The molecule has 0 radical (unpaired) electrons. The summed E-state index contributed by atoms with van der Waals surface area (Å²) in [5.41, 5.74) is -0.124. The molecule has 0 heterocycles. The minimum atomic E-state index is -0.699. The predicted molar refractivity (Wildman–Crippen MR) is 121 cm³/mol. The summed E-state index contributed by atoms with van der Waals surface area (Å²) in [5, 5.41) is 13.4. The minimum Gasteiger partial charge on any atom is -0.312 e. The van der Waals surface area contributed by atoms with E-state index in [9.17, 15) is 14.4 Å². The molecule has 0 saturated carbocycles. The van der Waals surface area contributed by atoms with Crippen molar-refractivity contribution in [1.29, 1.82) is 5.26 Å². The lowest BCUT2D eigenvalue weighted by Crippen LogP contribution is -2.23. The van der Waals surface area contributed by atoms with E-state index in [1.165, 1.54) is 41.7 Å². The zero-order chi connectivity index (χ0) is 21.5. The van der Waals surface area contributed by atoms with Crippen LogP contribution in [0.1, 0.15) is 10.4 Å². The number of rotatable bonds is 6. The normalized spacial score (nSPS) is 10.2. The number of nitriles is 1. The molecule has 3 aromatic carbocycles. The van der Waals surface area contributed by atoms with E-state index in [-0.39, 0.29) is 11.3 Å². The van der Waals surface area contributed by atoms with Gasteiger partial charge in [-0.05, 0) is 60.7 Å². The van der Waals surface area contributed by atoms with Crippen LogP contribution < -0.4 is 5.32 Å². The highest BCUT2D eigenvalue weighted by atomic mass is 35.5. The van der Waals surface area contributed by atoms with Crippen LogP contribution in [0.3, 0.4) is 0 Å². The Balaban J connectivity index is 1.95. The summed E-state index contributed by atoms with van der Waals surface area (Å²) >= 11 is 14.5. The molecule has 3 nitrogen and oxygen atoms in total. The molecule has 30 heavy (non-hydrogen) atoms. The van der Waals surface area contributed by atoms with Crippen molar-refractivity contribution in [2.75, 3.05) is 0 Å². The summed E-state index contributed by atoms with van der Waals surface area (Å²) in [6.07, 6.45) is 0. The van der Waals surface area contributed by atoms with Crippen molar-refractivity contribution in [3.8, 4) is 6.07 Å². The van der Waals surface area contributed by atoms with Crippen LogP contribution in [0.5, 0.6) is 0 Å².